The highest BCUT2D eigenvalue weighted by molar-refractivity contribution is 6.30. The molecule has 8 heteroatoms. The smallest absolute Gasteiger partial charge is 0.220 e. The molecule has 7 nitrogen and oxygen atoms in total. The molecule has 1 aliphatic heterocycles. The molecule has 29 heavy (non-hydrogen) atoms. The second-order valence-electron chi connectivity index (χ2n) is 7.50. The minimum atomic E-state index is -0.207. The number of benzene rings is 2. The molecule has 1 amide bonds. The predicted molar refractivity (Wildman–Crippen MR) is 109 cm³/mol. The van der Waals surface area contributed by atoms with E-state index in [0.29, 0.717) is 11.6 Å². The lowest BCUT2D eigenvalue weighted by Gasteiger charge is -2.33. The van der Waals surface area contributed by atoms with Gasteiger partial charge < -0.3 is 10.6 Å². The van der Waals surface area contributed by atoms with Gasteiger partial charge in [0.05, 0.1) is 19.6 Å². The molecular weight excluding hydrogens is 388 g/mol. The number of halogens is 1. The van der Waals surface area contributed by atoms with Crippen molar-refractivity contribution in [3.63, 3.8) is 0 Å². The van der Waals surface area contributed by atoms with Crippen molar-refractivity contribution in [2.75, 3.05) is 13.1 Å². The molecule has 4 rings (SSSR count). The van der Waals surface area contributed by atoms with Gasteiger partial charge in [0, 0.05) is 29.3 Å². The number of carbonyl (C=O) groups is 1. The molecule has 1 saturated heterocycles. The third-order valence-electron chi connectivity index (χ3n) is 5.63. The van der Waals surface area contributed by atoms with E-state index in [2.05, 4.69) is 27.7 Å². The molecule has 3 N–H and O–H groups in total. The van der Waals surface area contributed by atoms with Crippen LogP contribution in [0.1, 0.15) is 35.8 Å². The highest BCUT2D eigenvalue weighted by Gasteiger charge is 2.35. The number of primary amides is 1. The van der Waals surface area contributed by atoms with Crippen molar-refractivity contribution in [2.24, 2.45) is 11.7 Å². The van der Waals surface area contributed by atoms with E-state index in [0.717, 1.165) is 42.9 Å². The summed E-state index contributed by atoms with van der Waals surface area (Å²) in [5.41, 5.74) is 7.76. The number of quaternary nitrogens is 1. The zero-order valence-electron chi connectivity index (χ0n) is 16.0. The number of nitrogens with two attached hydrogens (primary N) is 1. The maximum Gasteiger partial charge on any atom is 0.220 e. The Kier molecular flexibility index (Phi) is 5.87. The van der Waals surface area contributed by atoms with Crippen LogP contribution in [-0.2, 0) is 11.3 Å². The molecule has 0 aliphatic carbocycles. The van der Waals surface area contributed by atoms with E-state index in [-0.39, 0.29) is 17.9 Å². The van der Waals surface area contributed by atoms with Crippen LogP contribution in [0.2, 0.25) is 5.02 Å². The van der Waals surface area contributed by atoms with Gasteiger partial charge in [-0.15, -0.1) is 5.10 Å². The molecular formula is C21H24ClN6O+. The van der Waals surface area contributed by atoms with Crippen LogP contribution in [0.5, 0.6) is 0 Å². The summed E-state index contributed by atoms with van der Waals surface area (Å²) >= 11 is 6.12. The molecule has 0 bridgehead atoms. The summed E-state index contributed by atoms with van der Waals surface area (Å²) in [6.45, 7) is 2.27. The molecule has 1 aromatic heterocycles. The van der Waals surface area contributed by atoms with E-state index >= 15 is 0 Å². The highest BCUT2D eigenvalue weighted by Crippen LogP contribution is 2.22. The van der Waals surface area contributed by atoms with Crippen LogP contribution in [-0.4, -0.2) is 39.2 Å². The number of tetrazole rings is 1. The van der Waals surface area contributed by atoms with E-state index in [9.17, 15) is 4.79 Å². The van der Waals surface area contributed by atoms with Crippen molar-refractivity contribution in [2.45, 2.75) is 25.4 Å². The quantitative estimate of drug-likeness (QED) is 0.638. The fourth-order valence-electron chi connectivity index (χ4n) is 4.07. The van der Waals surface area contributed by atoms with Gasteiger partial charge in [-0.3, -0.25) is 4.79 Å². The summed E-state index contributed by atoms with van der Waals surface area (Å²) in [6, 6.07) is 17.9. The van der Waals surface area contributed by atoms with Crippen molar-refractivity contribution in [1.82, 2.24) is 20.2 Å². The molecule has 1 aliphatic rings. The monoisotopic (exact) mass is 411 g/mol. The van der Waals surface area contributed by atoms with Gasteiger partial charge in [0.2, 0.25) is 11.7 Å². The first-order chi connectivity index (χ1) is 14.1. The Hall–Kier alpha value is -2.77. The van der Waals surface area contributed by atoms with Gasteiger partial charge in [-0.05, 0) is 28.1 Å². The average molecular weight is 412 g/mol. The lowest BCUT2D eigenvalue weighted by atomic mass is 9.93. The number of likely N-dealkylation sites (tertiary alicyclic amines) is 1. The van der Waals surface area contributed by atoms with Crippen molar-refractivity contribution < 1.29 is 9.69 Å². The topological polar surface area (TPSA) is 91.1 Å². The van der Waals surface area contributed by atoms with Crippen molar-refractivity contribution in [3.05, 3.63) is 76.6 Å². The van der Waals surface area contributed by atoms with Crippen LogP contribution in [0.3, 0.4) is 0 Å². The van der Waals surface area contributed by atoms with Gasteiger partial charge in [-0.1, -0.05) is 54.1 Å². The van der Waals surface area contributed by atoms with Crippen LogP contribution in [0.15, 0.2) is 54.6 Å². The summed E-state index contributed by atoms with van der Waals surface area (Å²) in [6.07, 6.45) is 1.55. The first-order valence-electron chi connectivity index (χ1n) is 9.81. The number of carbonyl (C=O) groups excluding carboxylic acids is 1. The molecule has 150 valence electrons. The van der Waals surface area contributed by atoms with Crippen molar-refractivity contribution >= 4 is 17.5 Å². The first-order valence-corrected chi connectivity index (χ1v) is 10.2. The van der Waals surface area contributed by atoms with Crippen molar-refractivity contribution in [3.8, 4) is 0 Å². The normalized spacial score (nSPS) is 20.3. The third kappa shape index (κ3) is 4.46. The Labute approximate surface area is 174 Å². The molecule has 1 fully saturated rings. The molecule has 2 heterocycles. The summed E-state index contributed by atoms with van der Waals surface area (Å²) in [5, 5.41) is 13.3. The first kappa shape index (κ1) is 19.5. The molecule has 2 aromatic carbocycles. The SMILES string of the molecule is NC(=O)C1CC[NH+]([C@H](c2ccc(Cl)cc2)c2nnnn2Cc2ccccc2)CC1. The van der Waals surface area contributed by atoms with E-state index in [1.54, 1.807) is 0 Å². The zero-order valence-corrected chi connectivity index (χ0v) is 16.8. The van der Waals surface area contributed by atoms with Gasteiger partial charge >= 0.3 is 0 Å². The number of amides is 1. The predicted octanol–water partition coefficient (Wildman–Crippen LogP) is 1.24. The number of nitrogens with zero attached hydrogens (tertiary/aromatic N) is 4. The summed E-state index contributed by atoms with van der Waals surface area (Å²) < 4.78 is 1.86. The second kappa shape index (κ2) is 8.71. The lowest BCUT2D eigenvalue weighted by molar-refractivity contribution is -0.931. The minimum absolute atomic E-state index is 0.0418. The number of aromatic nitrogens is 4. The summed E-state index contributed by atoms with van der Waals surface area (Å²) in [5.74, 6) is 0.551. The minimum Gasteiger partial charge on any atom is -0.369 e. The number of nitrogens with one attached hydrogen (secondary N) is 1. The molecule has 1 atom stereocenters. The van der Waals surface area contributed by atoms with Gasteiger partial charge in [0.1, 0.15) is 0 Å². The zero-order chi connectivity index (χ0) is 20.2. The van der Waals surface area contributed by atoms with E-state index < -0.39 is 0 Å². The molecule has 0 radical (unpaired) electrons. The largest absolute Gasteiger partial charge is 0.369 e. The van der Waals surface area contributed by atoms with Crippen LogP contribution in [0.4, 0.5) is 0 Å². The Morgan fingerprint density at radius 3 is 2.48 bits per heavy atom. The molecule has 0 saturated carbocycles. The number of hydrogen-bond acceptors (Lipinski definition) is 4. The maximum absolute atomic E-state index is 11.6. The van der Waals surface area contributed by atoms with Crippen LogP contribution < -0.4 is 10.6 Å². The van der Waals surface area contributed by atoms with Crippen LogP contribution in [0, 0.1) is 5.92 Å². The Bertz CT molecular complexity index is 951. The Morgan fingerprint density at radius 2 is 1.83 bits per heavy atom. The summed E-state index contributed by atoms with van der Waals surface area (Å²) in [7, 11) is 0. The van der Waals surface area contributed by atoms with Gasteiger partial charge in [-0.25, -0.2) is 4.68 Å². The van der Waals surface area contributed by atoms with Gasteiger partial charge in [0.25, 0.3) is 0 Å². The number of piperidine rings is 1. The Morgan fingerprint density at radius 1 is 1.14 bits per heavy atom. The van der Waals surface area contributed by atoms with Gasteiger partial charge in [-0.2, -0.15) is 0 Å². The summed E-state index contributed by atoms with van der Waals surface area (Å²) in [4.78, 5) is 12.9. The maximum atomic E-state index is 11.6. The highest BCUT2D eigenvalue weighted by atomic mass is 35.5. The van der Waals surface area contributed by atoms with E-state index in [1.807, 2.05) is 47.1 Å². The standard InChI is InChI=1S/C21H23ClN6O/c22-18-8-6-16(7-9-18)19(27-12-10-17(11-13-27)20(23)29)21-24-25-26-28(21)14-15-4-2-1-3-5-15/h1-9,17,19H,10-14H2,(H2,23,29)/p+1/t19-/m1/s1. The average Bonchev–Trinajstić information content (AvgIpc) is 3.18. The van der Waals surface area contributed by atoms with E-state index in [4.69, 9.17) is 17.3 Å². The van der Waals surface area contributed by atoms with Crippen molar-refractivity contribution in [1.29, 1.82) is 0 Å². The second-order valence-corrected chi connectivity index (χ2v) is 7.94. The molecule has 0 spiro atoms. The fourth-order valence-corrected chi connectivity index (χ4v) is 4.20. The molecule has 3 aromatic rings. The third-order valence-corrected chi connectivity index (χ3v) is 5.89. The van der Waals surface area contributed by atoms with Crippen LogP contribution >= 0.6 is 11.6 Å². The Balaban J connectivity index is 1.66. The lowest BCUT2D eigenvalue weighted by Crippen LogP contribution is -3.13. The number of rotatable bonds is 6. The van der Waals surface area contributed by atoms with Gasteiger partial charge in [0.15, 0.2) is 6.04 Å². The number of hydrogen-bond donors (Lipinski definition) is 2. The van der Waals surface area contributed by atoms with E-state index in [1.165, 1.54) is 4.90 Å². The van der Waals surface area contributed by atoms with Crippen LogP contribution in [0.25, 0.3) is 0 Å². The molecule has 0 unspecified atom stereocenters. The fraction of sp³-hybridized carbons (Fsp3) is 0.333.